The van der Waals surface area contributed by atoms with E-state index in [1.165, 1.54) is 70.9 Å². The van der Waals surface area contributed by atoms with Crippen molar-refractivity contribution in [2.45, 2.75) is 64.7 Å². The Bertz CT molecular complexity index is 217. The Morgan fingerprint density at radius 1 is 1.11 bits per heavy atom. The number of ether oxygens (including phenoxy) is 1. The Morgan fingerprint density at radius 3 is 2.56 bits per heavy atom. The van der Waals surface area contributed by atoms with Crippen LogP contribution in [0.15, 0.2) is 0 Å². The zero-order valence-corrected chi connectivity index (χ0v) is 12.2. The zero-order valence-electron chi connectivity index (χ0n) is 12.2. The molecule has 1 aliphatic heterocycles. The minimum atomic E-state index is 0.612. The highest BCUT2D eigenvalue weighted by Crippen LogP contribution is 2.36. The van der Waals surface area contributed by atoms with Gasteiger partial charge in [-0.25, -0.2) is 0 Å². The molecule has 0 amide bonds. The topological polar surface area (TPSA) is 21.3 Å². The van der Waals surface area contributed by atoms with Crippen molar-refractivity contribution in [3.63, 3.8) is 0 Å². The molecule has 0 atom stereocenters. The highest BCUT2D eigenvalue weighted by atomic mass is 16.5. The summed E-state index contributed by atoms with van der Waals surface area (Å²) in [6.07, 6.45) is 12.5. The molecule has 2 nitrogen and oxygen atoms in total. The lowest BCUT2D eigenvalue weighted by molar-refractivity contribution is 0.0631. The Morgan fingerprint density at radius 2 is 1.83 bits per heavy atom. The minimum absolute atomic E-state index is 0.612. The van der Waals surface area contributed by atoms with Crippen LogP contribution < -0.4 is 5.32 Å². The maximum atomic E-state index is 5.40. The van der Waals surface area contributed by atoms with Crippen LogP contribution >= 0.6 is 0 Å². The molecule has 0 aromatic heterocycles. The molecule has 1 N–H and O–H groups in total. The number of rotatable bonds is 7. The quantitative estimate of drug-likeness (QED) is 0.698. The van der Waals surface area contributed by atoms with Crippen LogP contribution in [0.1, 0.15) is 64.7 Å². The first-order valence-corrected chi connectivity index (χ1v) is 8.07. The monoisotopic (exact) mass is 253 g/mol. The fraction of sp³-hybridized carbons (Fsp3) is 1.00. The van der Waals surface area contributed by atoms with E-state index in [1.807, 2.05) is 0 Å². The van der Waals surface area contributed by atoms with Crippen molar-refractivity contribution in [2.75, 3.05) is 26.3 Å². The Kier molecular flexibility index (Phi) is 5.97. The van der Waals surface area contributed by atoms with Gasteiger partial charge in [0.1, 0.15) is 0 Å². The van der Waals surface area contributed by atoms with E-state index in [1.54, 1.807) is 0 Å². The third-order valence-corrected chi connectivity index (χ3v) is 4.92. The molecule has 0 aromatic carbocycles. The van der Waals surface area contributed by atoms with Gasteiger partial charge in [-0.05, 0) is 50.0 Å². The summed E-state index contributed by atoms with van der Waals surface area (Å²) < 4.78 is 5.40. The summed E-state index contributed by atoms with van der Waals surface area (Å²) in [5.41, 5.74) is 0.612. The standard InChI is InChI=1S/C16H31NO/c1-16(9-3-4-10-16)14-17-11-5-2-6-15-7-12-18-13-8-15/h15,17H,2-14H2,1H3. The van der Waals surface area contributed by atoms with Crippen molar-refractivity contribution in [3.05, 3.63) is 0 Å². The van der Waals surface area contributed by atoms with E-state index in [4.69, 9.17) is 4.74 Å². The molecule has 18 heavy (non-hydrogen) atoms. The summed E-state index contributed by atoms with van der Waals surface area (Å²) in [5.74, 6) is 0.950. The second-order valence-corrected chi connectivity index (χ2v) is 6.75. The maximum absolute atomic E-state index is 5.40. The maximum Gasteiger partial charge on any atom is 0.0468 e. The predicted octanol–water partition coefficient (Wildman–Crippen LogP) is 3.75. The average molecular weight is 253 g/mol. The lowest BCUT2D eigenvalue weighted by atomic mass is 9.89. The van der Waals surface area contributed by atoms with E-state index in [0.29, 0.717) is 5.41 Å². The van der Waals surface area contributed by atoms with Crippen molar-refractivity contribution in [3.8, 4) is 0 Å². The first-order valence-electron chi connectivity index (χ1n) is 8.07. The largest absolute Gasteiger partial charge is 0.381 e. The molecule has 0 spiro atoms. The van der Waals surface area contributed by atoms with Crippen LogP contribution in [0.4, 0.5) is 0 Å². The van der Waals surface area contributed by atoms with Gasteiger partial charge in [0, 0.05) is 19.8 Å². The van der Waals surface area contributed by atoms with E-state index in [2.05, 4.69) is 12.2 Å². The van der Waals surface area contributed by atoms with Crippen LogP contribution in [0.25, 0.3) is 0 Å². The van der Waals surface area contributed by atoms with Gasteiger partial charge < -0.3 is 10.1 Å². The third-order valence-electron chi connectivity index (χ3n) is 4.92. The molecule has 1 heterocycles. The number of hydrogen-bond donors (Lipinski definition) is 1. The lowest BCUT2D eigenvalue weighted by Gasteiger charge is -2.24. The summed E-state index contributed by atoms with van der Waals surface area (Å²) in [5, 5.41) is 3.68. The second-order valence-electron chi connectivity index (χ2n) is 6.75. The van der Waals surface area contributed by atoms with Crippen LogP contribution in [-0.4, -0.2) is 26.3 Å². The molecule has 2 aliphatic rings. The van der Waals surface area contributed by atoms with Crippen molar-refractivity contribution < 1.29 is 4.74 Å². The molecule has 106 valence electrons. The minimum Gasteiger partial charge on any atom is -0.381 e. The first-order chi connectivity index (χ1) is 8.79. The van der Waals surface area contributed by atoms with Crippen LogP contribution in [0, 0.1) is 11.3 Å². The molecule has 0 bridgehead atoms. The van der Waals surface area contributed by atoms with E-state index in [-0.39, 0.29) is 0 Å². The van der Waals surface area contributed by atoms with Crippen molar-refractivity contribution in [1.82, 2.24) is 5.32 Å². The smallest absolute Gasteiger partial charge is 0.0468 e. The van der Waals surface area contributed by atoms with Crippen LogP contribution in [0.3, 0.4) is 0 Å². The molecule has 2 fully saturated rings. The van der Waals surface area contributed by atoms with E-state index < -0.39 is 0 Å². The van der Waals surface area contributed by atoms with Crippen molar-refractivity contribution in [2.24, 2.45) is 11.3 Å². The number of unbranched alkanes of at least 4 members (excludes halogenated alkanes) is 1. The summed E-state index contributed by atoms with van der Waals surface area (Å²) in [6.45, 7) is 6.92. The molecule has 0 aromatic rings. The fourth-order valence-electron chi connectivity index (χ4n) is 3.51. The predicted molar refractivity (Wildman–Crippen MR) is 76.8 cm³/mol. The third kappa shape index (κ3) is 4.89. The van der Waals surface area contributed by atoms with Gasteiger partial charge in [0.05, 0.1) is 0 Å². The molecule has 2 rings (SSSR count). The van der Waals surface area contributed by atoms with Gasteiger partial charge in [-0.2, -0.15) is 0 Å². The lowest BCUT2D eigenvalue weighted by Crippen LogP contribution is -2.30. The molecule has 1 saturated carbocycles. The molecule has 0 radical (unpaired) electrons. The van der Waals surface area contributed by atoms with Crippen molar-refractivity contribution >= 4 is 0 Å². The Hall–Kier alpha value is -0.0800. The van der Waals surface area contributed by atoms with E-state index in [9.17, 15) is 0 Å². The normalized spacial score (nSPS) is 24.5. The fourth-order valence-corrected chi connectivity index (χ4v) is 3.51. The van der Waals surface area contributed by atoms with Crippen LogP contribution in [0.2, 0.25) is 0 Å². The summed E-state index contributed by atoms with van der Waals surface area (Å²) in [4.78, 5) is 0. The molecule has 0 unspecified atom stereocenters. The van der Waals surface area contributed by atoms with Gasteiger partial charge in [-0.1, -0.05) is 32.6 Å². The summed E-state index contributed by atoms with van der Waals surface area (Å²) in [7, 11) is 0. The molecule has 1 aliphatic carbocycles. The molecule has 2 heteroatoms. The SMILES string of the molecule is CC1(CNCCCCC2CCOCC2)CCCC1. The van der Waals surface area contributed by atoms with Crippen LogP contribution in [-0.2, 0) is 4.74 Å². The van der Waals surface area contributed by atoms with Gasteiger partial charge in [0.25, 0.3) is 0 Å². The number of nitrogens with one attached hydrogen (secondary N) is 1. The molecule has 1 saturated heterocycles. The van der Waals surface area contributed by atoms with Crippen molar-refractivity contribution in [1.29, 1.82) is 0 Å². The summed E-state index contributed by atoms with van der Waals surface area (Å²) in [6, 6.07) is 0. The molecular formula is C16H31NO. The van der Waals surface area contributed by atoms with Gasteiger partial charge in [-0.15, -0.1) is 0 Å². The first kappa shape index (κ1) is 14.3. The zero-order chi connectivity index (χ0) is 12.7. The highest BCUT2D eigenvalue weighted by Gasteiger charge is 2.27. The highest BCUT2D eigenvalue weighted by molar-refractivity contribution is 4.82. The van der Waals surface area contributed by atoms with Gasteiger partial charge in [-0.3, -0.25) is 0 Å². The van der Waals surface area contributed by atoms with Gasteiger partial charge in [0.2, 0.25) is 0 Å². The Labute approximate surface area is 113 Å². The second kappa shape index (κ2) is 7.49. The molecular weight excluding hydrogens is 222 g/mol. The van der Waals surface area contributed by atoms with Crippen LogP contribution in [0.5, 0.6) is 0 Å². The van der Waals surface area contributed by atoms with E-state index >= 15 is 0 Å². The van der Waals surface area contributed by atoms with Gasteiger partial charge >= 0.3 is 0 Å². The Balaban J connectivity index is 1.43. The number of hydrogen-bond acceptors (Lipinski definition) is 2. The van der Waals surface area contributed by atoms with E-state index in [0.717, 1.165) is 19.1 Å². The average Bonchev–Trinajstić information content (AvgIpc) is 2.82. The van der Waals surface area contributed by atoms with Gasteiger partial charge in [0.15, 0.2) is 0 Å². The summed E-state index contributed by atoms with van der Waals surface area (Å²) >= 11 is 0.